The maximum atomic E-state index is 10.7. The van der Waals surface area contributed by atoms with Gasteiger partial charge >= 0.3 is 0 Å². The van der Waals surface area contributed by atoms with Gasteiger partial charge in [0.05, 0.1) is 5.60 Å². The average molecular weight is 239 g/mol. The average Bonchev–Trinajstić information content (AvgIpc) is 2.48. The van der Waals surface area contributed by atoms with Crippen LogP contribution in [0.3, 0.4) is 0 Å². The first-order valence-corrected chi connectivity index (χ1v) is 7.56. The lowest BCUT2D eigenvalue weighted by molar-refractivity contribution is -0.0769. The van der Waals surface area contributed by atoms with Crippen LogP contribution in [0, 0.1) is 5.41 Å². The summed E-state index contributed by atoms with van der Waals surface area (Å²) in [5.41, 5.74) is 0.200. The second kappa shape index (κ2) is 5.27. The van der Waals surface area contributed by atoms with Crippen molar-refractivity contribution in [1.82, 2.24) is 4.90 Å². The van der Waals surface area contributed by atoms with Gasteiger partial charge in [0.2, 0.25) is 0 Å². The minimum atomic E-state index is -0.371. The molecule has 1 saturated carbocycles. The SMILES string of the molecule is CCC1(CC)CN(CC2(O)CCCCCC2)C1. The summed E-state index contributed by atoms with van der Waals surface area (Å²) >= 11 is 0. The zero-order valence-electron chi connectivity index (χ0n) is 11.7. The minimum absolute atomic E-state index is 0.371. The van der Waals surface area contributed by atoms with Crippen LogP contribution in [-0.2, 0) is 0 Å². The van der Waals surface area contributed by atoms with Crippen LogP contribution in [0.4, 0.5) is 0 Å². The first-order chi connectivity index (χ1) is 8.11. The summed E-state index contributed by atoms with van der Waals surface area (Å²) in [6, 6.07) is 0. The van der Waals surface area contributed by atoms with Crippen LogP contribution in [-0.4, -0.2) is 35.2 Å². The van der Waals surface area contributed by atoms with Crippen molar-refractivity contribution in [2.24, 2.45) is 5.41 Å². The van der Waals surface area contributed by atoms with Gasteiger partial charge in [0.15, 0.2) is 0 Å². The lowest BCUT2D eigenvalue weighted by Gasteiger charge is -2.52. The fraction of sp³-hybridized carbons (Fsp3) is 1.00. The molecular formula is C15H29NO. The maximum Gasteiger partial charge on any atom is 0.0774 e. The highest BCUT2D eigenvalue weighted by Gasteiger charge is 2.42. The Balaban J connectivity index is 1.82. The molecule has 2 fully saturated rings. The predicted molar refractivity (Wildman–Crippen MR) is 72.1 cm³/mol. The van der Waals surface area contributed by atoms with E-state index in [0.717, 1.165) is 19.4 Å². The number of aliphatic hydroxyl groups is 1. The molecule has 0 aromatic heterocycles. The van der Waals surface area contributed by atoms with E-state index in [-0.39, 0.29) is 5.60 Å². The largest absolute Gasteiger partial charge is 0.389 e. The molecule has 0 aromatic carbocycles. The summed E-state index contributed by atoms with van der Waals surface area (Å²) < 4.78 is 0. The first kappa shape index (κ1) is 13.4. The third kappa shape index (κ3) is 3.03. The highest BCUT2D eigenvalue weighted by atomic mass is 16.3. The van der Waals surface area contributed by atoms with Gasteiger partial charge in [0.25, 0.3) is 0 Å². The van der Waals surface area contributed by atoms with Gasteiger partial charge in [-0.05, 0) is 31.1 Å². The zero-order chi connectivity index (χ0) is 12.4. The normalized spacial score (nSPS) is 28.4. The standard InChI is InChI=1S/C15H29NO/c1-3-14(4-2)11-16(12-14)13-15(17)9-7-5-6-8-10-15/h17H,3-13H2,1-2H3. The Morgan fingerprint density at radius 3 is 1.94 bits per heavy atom. The number of rotatable bonds is 4. The summed E-state index contributed by atoms with van der Waals surface area (Å²) in [4.78, 5) is 2.48. The fourth-order valence-electron chi connectivity index (χ4n) is 3.67. The van der Waals surface area contributed by atoms with Crippen LogP contribution in [0.15, 0.2) is 0 Å². The van der Waals surface area contributed by atoms with Crippen molar-refractivity contribution >= 4 is 0 Å². The molecule has 0 unspecified atom stereocenters. The van der Waals surface area contributed by atoms with E-state index in [2.05, 4.69) is 18.7 Å². The number of β-amino-alcohol motifs (C(OH)–C–C–N with tert-alkyl or cyclic N) is 1. The monoisotopic (exact) mass is 239 g/mol. The zero-order valence-corrected chi connectivity index (χ0v) is 11.7. The molecule has 0 atom stereocenters. The maximum absolute atomic E-state index is 10.7. The molecule has 2 heteroatoms. The van der Waals surface area contributed by atoms with E-state index >= 15 is 0 Å². The Morgan fingerprint density at radius 2 is 1.47 bits per heavy atom. The number of likely N-dealkylation sites (tertiary alicyclic amines) is 1. The van der Waals surface area contributed by atoms with E-state index < -0.39 is 0 Å². The molecule has 1 saturated heterocycles. The van der Waals surface area contributed by atoms with Crippen molar-refractivity contribution in [2.75, 3.05) is 19.6 Å². The molecule has 100 valence electrons. The van der Waals surface area contributed by atoms with Crippen molar-refractivity contribution < 1.29 is 5.11 Å². The van der Waals surface area contributed by atoms with Gasteiger partial charge in [0.1, 0.15) is 0 Å². The van der Waals surface area contributed by atoms with Gasteiger partial charge in [-0.1, -0.05) is 39.5 Å². The summed E-state index contributed by atoms with van der Waals surface area (Å²) in [5.74, 6) is 0. The Morgan fingerprint density at radius 1 is 0.941 bits per heavy atom. The third-order valence-electron chi connectivity index (χ3n) is 5.17. The van der Waals surface area contributed by atoms with E-state index in [4.69, 9.17) is 0 Å². The fourth-order valence-corrected chi connectivity index (χ4v) is 3.67. The smallest absolute Gasteiger partial charge is 0.0774 e. The molecule has 0 bridgehead atoms. The summed E-state index contributed by atoms with van der Waals surface area (Å²) in [5, 5.41) is 10.7. The van der Waals surface area contributed by atoms with Crippen molar-refractivity contribution in [3.05, 3.63) is 0 Å². The van der Waals surface area contributed by atoms with Crippen molar-refractivity contribution in [2.45, 2.75) is 70.8 Å². The molecule has 2 nitrogen and oxygen atoms in total. The van der Waals surface area contributed by atoms with Gasteiger partial charge in [-0.25, -0.2) is 0 Å². The van der Waals surface area contributed by atoms with Gasteiger partial charge < -0.3 is 5.11 Å². The van der Waals surface area contributed by atoms with Gasteiger partial charge in [-0.15, -0.1) is 0 Å². The molecule has 1 heterocycles. The second-order valence-electron chi connectivity index (χ2n) is 6.49. The molecule has 1 aliphatic heterocycles. The number of nitrogens with zero attached hydrogens (tertiary/aromatic N) is 1. The molecule has 2 rings (SSSR count). The Hall–Kier alpha value is -0.0800. The van der Waals surface area contributed by atoms with Crippen molar-refractivity contribution in [3.63, 3.8) is 0 Å². The third-order valence-corrected chi connectivity index (χ3v) is 5.17. The highest BCUT2D eigenvalue weighted by molar-refractivity contribution is 4.96. The molecule has 0 aromatic rings. The Labute approximate surface area is 106 Å². The van der Waals surface area contributed by atoms with Crippen LogP contribution in [0.2, 0.25) is 0 Å². The highest BCUT2D eigenvalue weighted by Crippen LogP contribution is 2.39. The van der Waals surface area contributed by atoms with Crippen LogP contribution in [0.25, 0.3) is 0 Å². The van der Waals surface area contributed by atoms with Crippen molar-refractivity contribution in [1.29, 1.82) is 0 Å². The summed E-state index contributed by atoms with van der Waals surface area (Å²) in [6.45, 7) is 7.96. The lowest BCUT2D eigenvalue weighted by atomic mass is 9.74. The molecule has 1 aliphatic carbocycles. The number of hydrogen-bond donors (Lipinski definition) is 1. The topological polar surface area (TPSA) is 23.5 Å². The van der Waals surface area contributed by atoms with Gasteiger partial charge in [-0.3, -0.25) is 4.90 Å². The van der Waals surface area contributed by atoms with Crippen LogP contribution in [0.5, 0.6) is 0 Å². The molecule has 1 N–H and O–H groups in total. The quantitative estimate of drug-likeness (QED) is 0.762. The Kier molecular flexibility index (Phi) is 4.14. The van der Waals surface area contributed by atoms with Gasteiger partial charge in [0, 0.05) is 19.6 Å². The van der Waals surface area contributed by atoms with Crippen LogP contribution < -0.4 is 0 Å². The van der Waals surface area contributed by atoms with E-state index in [1.165, 1.54) is 51.6 Å². The number of hydrogen-bond acceptors (Lipinski definition) is 2. The molecule has 17 heavy (non-hydrogen) atoms. The van der Waals surface area contributed by atoms with E-state index in [0.29, 0.717) is 5.41 Å². The molecule has 0 radical (unpaired) electrons. The van der Waals surface area contributed by atoms with Crippen molar-refractivity contribution in [3.8, 4) is 0 Å². The molecule has 0 amide bonds. The minimum Gasteiger partial charge on any atom is -0.389 e. The second-order valence-corrected chi connectivity index (χ2v) is 6.49. The van der Waals surface area contributed by atoms with E-state index in [1.807, 2.05) is 0 Å². The van der Waals surface area contributed by atoms with E-state index in [1.54, 1.807) is 0 Å². The van der Waals surface area contributed by atoms with Gasteiger partial charge in [-0.2, -0.15) is 0 Å². The first-order valence-electron chi connectivity index (χ1n) is 7.56. The molecule has 2 aliphatic rings. The van der Waals surface area contributed by atoms with Crippen LogP contribution in [0.1, 0.15) is 65.2 Å². The van der Waals surface area contributed by atoms with E-state index in [9.17, 15) is 5.11 Å². The predicted octanol–water partition coefficient (Wildman–Crippen LogP) is 3.19. The molecule has 0 spiro atoms. The summed E-state index contributed by atoms with van der Waals surface area (Å²) in [6.07, 6.45) is 9.70. The lowest BCUT2D eigenvalue weighted by Crippen LogP contribution is -2.59. The van der Waals surface area contributed by atoms with Crippen LogP contribution >= 0.6 is 0 Å². The Bertz CT molecular complexity index is 231. The molecular weight excluding hydrogens is 210 g/mol. The summed E-state index contributed by atoms with van der Waals surface area (Å²) in [7, 11) is 0.